The highest BCUT2D eigenvalue weighted by atomic mass is 16.6. The number of aromatic amines is 1. The van der Waals surface area contributed by atoms with Crippen LogP contribution in [0.4, 0.5) is 5.69 Å². The first-order valence-electron chi connectivity index (χ1n) is 9.82. The van der Waals surface area contributed by atoms with Crippen LogP contribution in [-0.2, 0) is 21.4 Å². The maximum Gasteiger partial charge on any atom is 0.319 e. The van der Waals surface area contributed by atoms with Crippen molar-refractivity contribution in [3.05, 3.63) is 51.2 Å². The summed E-state index contributed by atoms with van der Waals surface area (Å²) in [6.45, 7) is 3.93. The van der Waals surface area contributed by atoms with Crippen molar-refractivity contribution in [1.82, 2.24) is 9.88 Å². The molecule has 7 heteroatoms. The zero-order chi connectivity index (χ0) is 19.6. The lowest BCUT2D eigenvalue weighted by molar-refractivity contribution is -0.384. The first-order chi connectivity index (χ1) is 13.5. The minimum atomic E-state index is -0.780. The van der Waals surface area contributed by atoms with Crippen LogP contribution in [0, 0.1) is 16.0 Å². The van der Waals surface area contributed by atoms with E-state index in [4.69, 9.17) is 4.74 Å². The van der Waals surface area contributed by atoms with E-state index < -0.39 is 5.41 Å². The van der Waals surface area contributed by atoms with E-state index in [2.05, 4.69) is 22.9 Å². The molecule has 0 amide bonds. The molecule has 28 heavy (non-hydrogen) atoms. The third-order valence-corrected chi connectivity index (χ3v) is 6.84. The summed E-state index contributed by atoms with van der Waals surface area (Å²) in [6, 6.07) is 4.89. The normalized spacial score (nSPS) is 30.5. The predicted molar refractivity (Wildman–Crippen MR) is 104 cm³/mol. The number of nitrogens with zero attached hydrogens (tertiary/aromatic N) is 2. The van der Waals surface area contributed by atoms with Crippen LogP contribution in [-0.4, -0.2) is 47.0 Å². The van der Waals surface area contributed by atoms with Crippen molar-refractivity contribution in [2.75, 3.05) is 20.2 Å². The second kappa shape index (κ2) is 5.91. The zero-order valence-corrected chi connectivity index (χ0v) is 16.0. The summed E-state index contributed by atoms with van der Waals surface area (Å²) in [5, 5.41) is 12.1. The van der Waals surface area contributed by atoms with Crippen molar-refractivity contribution in [3.8, 4) is 0 Å². The van der Waals surface area contributed by atoms with Gasteiger partial charge in [-0.3, -0.25) is 19.8 Å². The van der Waals surface area contributed by atoms with E-state index in [0.29, 0.717) is 12.3 Å². The third kappa shape index (κ3) is 2.11. The summed E-state index contributed by atoms with van der Waals surface area (Å²) in [5.74, 6) is 0.0983. The van der Waals surface area contributed by atoms with Crippen LogP contribution >= 0.6 is 0 Å². The second-order valence-electron chi connectivity index (χ2n) is 8.14. The number of nitrogens with one attached hydrogen (secondary N) is 1. The van der Waals surface area contributed by atoms with Crippen molar-refractivity contribution in [3.63, 3.8) is 0 Å². The van der Waals surface area contributed by atoms with Gasteiger partial charge in [-0.2, -0.15) is 0 Å². The van der Waals surface area contributed by atoms with E-state index in [1.165, 1.54) is 18.7 Å². The van der Waals surface area contributed by atoms with E-state index in [9.17, 15) is 14.9 Å². The number of nitro benzene ring substituents is 1. The van der Waals surface area contributed by atoms with Crippen LogP contribution in [0.2, 0.25) is 0 Å². The molecule has 1 aromatic carbocycles. The van der Waals surface area contributed by atoms with Gasteiger partial charge in [0, 0.05) is 41.8 Å². The van der Waals surface area contributed by atoms with Crippen molar-refractivity contribution in [1.29, 1.82) is 0 Å². The molecule has 1 N–H and O–H groups in total. The Balaban J connectivity index is 1.81. The van der Waals surface area contributed by atoms with Crippen molar-refractivity contribution in [2.45, 2.75) is 37.6 Å². The van der Waals surface area contributed by atoms with Crippen LogP contribution in [0.25, 0.3) is 10.9 Å². The number of carbonyl (C=O) groups is 1. The molecule has 6 rings (SSSR count). The van der Waals surface area contributed by atoms with Gasteiger partial charge in [-0.25, -0.2) is 0 Å². The number of ether oxygens (including phenoxy) is 1. The van der Waals surface area contributed by atoms with E-state index in [1.807, 2.05) is 0 Å². The quantitative estimate of drug-likeness (QED) is 0.382. The summed E-state index contributed by atoms with van der Waals surface area (Å²) in [4.78, 5) is 30.1. The Kier molecular flexibility index (Phi) is 3.68. The molecule has 4 atom stereocenters. The molecule has 0 spiro atoms. The van der Waals surface area contributed by atoms with Gasteiger partial charge >= 0.3 is 5.97 Å². The average Bonchev–Trinajstić information content (AvgIpc) is 3.04. The zero-order valence-electron chi connectivity index (χ0n) is 16.0. The standard InChI is InChI=1S/C21H23N3O4/c1-3-13-8-12-10-21(20(25)28-2)18-15(6-7-23(11-12)19(13)21)16-9-14(24(26)27)4-5-17(16)22-18/h4-5,8-9,12,19,22H,3,6-7,10-11H2,1-2H3. The summed E-state index contributed by atoms with van der Waals surface area (Å²) in [5.41, 5.74) is 3.35. The minimum Gasteiger partial charge on any atom is -0.468 e. The Morgan fingerprint density at radius 1 is 1.46 bits per heavy atom. The van der Waals surface area contributed by atoms with Gasteiger partial charge in [-0.1, -0.05) is 18.6 Å². The second-order valence-corrected chi connectivity index (χ2v) is 8.14. The van der Waals surface area contributed by atoms with Crippen LogP contribution in [0.5, 0.6) is 0 Å². The average molecular weight is 381 g/mol. The molecule has 0 saturated carbocycles. The molecule has 1 aliphatic carbocycles. The number of carbonyl (C=O) groups excluding carboxylic acids is 1. The van der Waals surface area contributed by atoms with Crippen molar-refractivity contribution < 1.29 is 14.5 Å². The lowest BCUT2D eigenvalue weighted by Gasteiger charge is -2.53. The van der Waals surface area contributed by atoms with Crippen LogP contribution in [0.15, 0.2) is 29.8 Å². The number of benzene rings is 1. The largest absolute Gasteiger partial charge is 0.468 e. The third-order valence-electron chi connectivity index (χ3n) is 6.84. The SMILES string of the molecule is CCC1=CC2CN3CCc4c([nH]c5ccc([N+](=O)[O-])cc45)C(C(=O)OC)(C2)C13. The van der Waals surface area contributed by atoms with Gasteiger partial charge < -0.3 is 9.72 Å². The molecule has 1 fully saturated rings. The van der Waals surface area contributed by atoms with Gasteiger partial charge in [0.05, 0.1) is 18.1 Å². The summed E-state index contributed by atoms with van der Waals surface area (Å²) in [6.07, 6.45) is 4.72. The number of piperidine rings is 1. The highest BCUT2D eigenvalue weighted by Crippen LogP contribution is 2.53. The molecule has 0 radical (unpaired) electrons. The molecule has 1 aromatic heterocycles. The summed E-state index contributed by atoms with van der Waals surface area (Å²) >= 11 is 0. The Morgan fingerprint density at radius 2 is 2.29 bits per heavy atom. The minimum absolute atomic E-state index is 0.0146. The lowest BCUT2D eigenvalue weighted by atomic mass is 9.60. The predicted octanol–water partition coefficient (Wildman–Crippen LogP) is 3.08. The maximum absolute atomic E-state index is 13.3. The van der Waals surface area contributed by atoms with Crippen LogP contribution in [0.1, 0.15) is 31.0 Å². The molecule has 4 aliphatic rings. The highest BCUT2D eigenvalue weighted by Gasteiger charge is 2.60. The van der Waals surface area contributed by atoms with Crippen LogP contribution in [0.3, 0.4) is 0 Å². The van der Waals surface area contributed by atoms with Gasteiger partial charge in [0.2, 0.25) is 0 Å². The number of hydrogen-bond acceptors (Lipinski definition) is 5. The van der Waals surface area contributed by atoms with Crippen LogP contribution < -0.4 is 0 Å². The van der Waals surface area contributed by atoms with Gasteiger partial charge in [0.1, 0.15) is 5.41 Å². The first-order valence-corrected chi connectivity index (χ1v) is 9.82. The fourth-order valence-electron chi connectivity index (χ4n) is 5.86. The van der Waals surface area contributed by atoms with Crippen molar-refractivity contribution >= 4 is 22.6 Å². The number of fused-ring (bicyclic) bond motifs is 3. The Bertz CT molecular complexity index is 1040. The fraction of sp³-hybridized carbons (Fsp3) is 0.476. The molecular formula is C21H23N3O4. The molecule has 4 bridgehead atoms. The molecular weight excluding hydrogens is 358 g/mol. The number of methoxy groups -OCH3 is 1. The number of rotatable bonds is 3. The number of esters is 1. The molecule has 1 saturated heterocycles. The Morgan fingerprint density at radius 3 is 3.00 bits per heavy atom. The monoisotopic (exact) mass is 381 g/mol. The molecule has 7 nitrogen and oxygen atoms in total. The maximum atomic E-state index is 13.3. The van der Waals surface area contributed by atoms with E-state index in [0.717, 1.165) is 48.1 Å². The number of non-ortho nitro benzene ring substituents is 1. The highest BCUT2D eigenvalue weighted by molar-refractivity contribution is 5.93. The topological polar surface area (TPSA) is 88.5 Å². The first kappa shape index (κ1) is 17.4. The Hall–Kier alpha value is -2.67. The number of H-pyrrole nitrogens is 1. The van der Waals surface area contributed by atoms with Gasteiger partial charge in [-0.15, -0.1) is 0 Å². The lowest BCUT2D eigenvalue weighted by Crippen LogP contribution is -2.63. The van der Waals surface area contributed by atoms with E-state index in [-0.39, 0.29) is 22.6 Å². The number of nitro groups is 1. The van der Waals surface area contributed by atoms with E-state index >= 15 is 0 Å². The Labute approximate surface area is 162 Å². The molecule has 2 aromatic rings. The van der Waals surface area contributed by atoms with E-state index in [1.54, 1.807) is 12.1 Å². The van der Waals surface area contributed by atoms with Crippen molar-refractivity contribution in [2.24, 2.45) is 5.92 Å². The molecule has 4 heterocycles. The number of hydrogen-bond donors (Lipinski definition) is 1. The fourth-order valence-corrected chi connectivity index (χ4v) is 5.86. The van der Waals surface area contributed by atoms with Gasteiger partial charge in [0.25, 0.3) is 5.69 Å². The summed E-state index contributed by atoms with van der Waals surface area (Å²) in [7, 11) is 1.46. The molecule has 3 aliphatic heterocycles. The van der Waals surface area contributed by atoms with Gasteiger partial charge in [-0.05, 0) is 36.8 Å². The molecule has 146 valence electrons. The summed E-state index contributed by atoms with van der Waals surface area (Å²) < 4.78 is 5.36. The molecule has 4 unspecified atom stereocenters. The number of aromatic nitrogens is 1. The smallest absolute Gasteiger partial charge is 0.319 e. The van der Waals surface area contributed by atoms with Gasteiger partial charge in [0.15, 0.2) is 0 Å².